The van der Waals surface area contributed by atoms with Gasteiger partial charge in [0.25, 0.3) is 0 Å². The van der Waals surface area contributed by atoms with Crippen molar-refractivity contribution in [3.63, 3.8) is 0 Å². The van der Waals surface area contributed by atoms with E-state index in [-0.39, 0.29) is 18.2 Å². The molecule has 1 aromatic carbocycles. The van der Waals surface area contributed by atoms with Gasteiger partial charge in [0.05, 0.1) is 6.04 Å². The van der Waals surface area contributed by atoms with Crippen molar-refractivity contribution in [3.8, 4) is 5.75 Å². The number of rotatable bonds is 3. The highest BCUT2D eigenvalue weighted by Crippen LogP contribution is 2.36. The molecule has 0 aliphatic carbocycles. The number of para-hydroxylation sites is 1. The number of urea groups is 1. The second-order valence-electron chi connectivity index (χ2n) is 5.36. The Balaban J connectivity index is 1.74. The van der Waals surface area contributed by atoms with E-state index in [1.54, 1.807) is 6.92 Å². The van der Waals surface area contributed by atoms with Crippen LogP contribution >= 0.6 is 0 Å². The van der Waals surface area contributed by atoms with Gasteiger partial charge in [-0.3, -0.25) is 0 Å². The minimum atomic E-state index is -0.293. The molecule has 0 saturated carbocycles. The number of ether oxygens (including phenoxy) is 1. The van der Waals surface area contributed by atoms with E-state index in [1.807, 2.05) is 38.1 Å². The standard InChI is InChI=1S/C16H19N3O3/c1-4-12-14(9(2)19-22-12)17-16(20)18-15-10(3)21-13-8-6-5-7-11(13)15/h5-8,10,15H,4H2,1-3H3,(H2,17,18,20)/t10-,15+/m1/s1. The van der Waals surface area contributed by atoms with Gasteiger partial charge in [0.15, 0.2) is 5.76 Å². The summed E-state index contributed by atoms with van der Waals surface area (Å²) < 4.78 is 10.9. The lowest BCUT2D eigenvalue weighted by atomic mass is 10.1. The molecule has 0 radical (unpaired) electrons. The topological polar surface area (TPSA) is 76.4 Å². The Bertz CT molecular complexity index is 696. The van der Waals surface area contributed by atoms with Crippen LogP contribution in [0.3, 0.4) is 0 Å². The molecule has 2 N–H and O–H groups in total. The summed E-state index contributed by atoms with van der Waals surface area (Å²) in [5.41, 5.74) is 2.30. The van der Waals surface area contributed by atoms with E-state index in [2.05, 4.69) is 15.8 Å². The smallest absolute Gasteiger partial charge is 0.320 e. The maximum Gasteiger partial charge on any atom is 0.320 e. The van der Waals surface area contributed by atoms with E-state index in [0.717, 1.165) is 11.3 Å². The van der Waals surface area contributed by atoms with Gasteiger partial charge in [-0.1, -0.05) is 30.3 Å². The van der Waals surface area contributed by atoms with Gasteiger partial charge in [-0.2, -0.15) is 0 Å². The van der Waals surface area contributed by atoms with Crippen molar-refractivity contribution in [3.05, 3.63) is 41.3 Å². The van der Waals surface area contributed by atoms with Crippen molar-refractivity contribution < 1.29 is 14.1 Å². The zero-order valence-electron chi connectivity index (χ0n) is 12.8. The third-order valence-corrected chi connectivity index (χ3v) is 3.82. The van der Waals surface area contributed by atoms with Crippen LogP contribution in [0, 0.1) is 6.92 Å². The molecule has 2 aromatic rings. The number of hydrogen-bond acceptors (Lipinski definition) is 4. The molecular formula is C16H19N3O3. The Morgan fingerprint density at radius 1 is 1.36 bits per heavy atom. The first-order valence-corrected chi connectivity index (χ1v) is 7.38. The van der Waals surface area contributed by atoms with Crippen LogP contribution in [-0.4, -0.2) is 17.3 Å². The third-order valence-electron chi connectivity index (χ3n) is 3.82. The molecule has 116 valence electrons. The largest absolute Gasteiger partial charge is 0.488 e. The highest BCUT2D eigenvalue weighted by molar-refractivity contribution is 5.90. The van der Waals surface area contributed by atoms with Crippen molar-refractivity contribution in [2.75, 3.05) is 5.32 Å². The number of nitrogens with one attached hydrogen (secondary N) is 2. The molecule has 0 saturated heterocycles. The molecule has 22 heavy (non-hydrogen) atoms. The Morgan fingerprint density at radius 2 is 2.14 bits per heavy atom. The predicted molar refractivity (Wildman–Crippen MR) is 82.0 cm³/mol. The number of aromatic nitrogens is 1. The number of anilines is 1. The number of carbonyl (C=O) groups is 1. The Morgan fingerprint density at radius 3 is 2.91 bits per heavy atom. The molecular weight excluding hydrogens is 282 g/mol. The lowest BCUT2D eigenvalue weighted by Gasteiger charge is -2.17. The zero-order chi connectivity index (χ0) is 15.7. The van der Waals surface area contributed by atoms with Gasteiger partial charge in [0.2, 0.25) is 0 Å². The van der Waals surface area contributed by atoms with Crippen molar-refractivity contribution in [1.29, 1.82) is 0 Å². The van der Waals surface area contributed by atoms with Gasteiger partial charge < -0.3 is 19.9 Å². The maximum absolute atomic E-state index is 12.3. The molecule has 3 rings (SSSR count). The fraction of sp³-hybridized carbons (Fsp3) is 0.375. The monoisotopic (exact) mass is 301 g/mol. The maximum atomic E-state index is 12.3. The van der Waals surface area contributed by atoms with E-state index >= 15 is 0 Å². The van der Waals surface area contributed by atoms with Crippen LogP contribution < -0.4 is 15.4 Å². The number of fused-ring (bicyclic) bond motifs is 1. The minimum absolute atomic E-state index is 0.114. The van der Waals surface area contributed by atoms with E-state index in [1.165, 1.54) is 0 Å². The van der Waals surface area contributed by atoms with E-state index in [9.17, 15) is 4.79 Å². The SMILES string of the molecule is CCc1onc(C)c1NC(=O)N[C@@H]1c2ccccc2O[C@@H]1C. The Kier molecular flexibility index (Phi) is 3.75. The van der Waals surface area contributed by atoms with Crippen LogP contribution in [0.15, 0.2) is 28.8 Å². The van der Waals surface area contributed by atoms with Gasteiger partial charge in [0, 0.05) is 12.0 Å². The van der Waals surface area contributed by atoms with E-state index in [4.69, 9.17) is 9.26 Å². The van der Waals surface area contributed by atoms with Gasteiger partial charge in [-0.25, -0.2) is 4.79 Å². The van der Waals surface area contributed by atoms with Crippen LogP contribution in [0.2, 0.25) is 0 Å². The van der Waals surface area contributed by atoms with Crippen molar-refractivity contribution in [2.24, 2.45) is 0 Å². The molecule has 2 amide bonds. The number of aryl methyl sites for hydroxylation is 2. The molecule has 0 spiro atoms. The van der Waals surface area contributed by atoms with Crippen LogP contribution in [0.1, 0.15) is 36.9 Å². The number of nitrogens with zero attached hydrogens (tertiary/aromatic N) is 1. The molecule has 2 heterocycles. The average Bonchev–Trinajstić information content (AvgIpc) is 3.01. The Hall–Kier alpha value is -2.50. The average molecular weight is 301 g/mol. The molecule has 1 aromatic heterocycles. The summed E-state index contributed by atoms with van der Waals surface area (Å²) in [4.78, 5) is 12.3. The van der Waals surface area contributed by atoms with E-state index in [0.29, 0.717) is 23.6 Å². The number of hydrogen-bond donors (Lipinski definition) is 2. The van der Waals surface area contributed by atoms with Crippen LogP contribution in [0.25, 0.3) is 0 Å². The van der Waals surface area contributed by atoms with Crippen LogP contribution in [0.4, 0.5) is 10.5 Å². The second kappa shape index (κ2) is 5.71. The number of carbonyl (C=O) groups excluding carboxylic acids is 1. The van der Waals surface area contributed by atoms with Crippen molar-refractivity contribution in [2.45, 2.75) is 39.3 Å². The van der Waals surface area contributed by atoms with Crippen LogP contribution in [-0.2, 0) is 6.42 Å². The molecule has 1 aliphatic rings. The normalized spacial score (nSPS) is 19.4. The minimum Gasteiger partial charge on any atom is -0.488 e. The summed E-state index contributed by atoms with van der Waals surface area (Å²) in [5, 5.41) is 9.66. The quantitative estimate of drug-likeness (QED) is 0.912. The van der Waals surface area contributed by atoms with Gasteiger partial charge in [-0.05, 0) is 19.9 Å². The highest BCUT2D eigenvalue weighted by Gasteiger charge is 2.32. The van der Waals surface area contributed by atoms with Gasteiger partial charge in [-0.15, -0.1) is 0 Å². The van der Waals surface area contributed by atoms with Gasteiger partial charge in [0.1, 0.15) is 23.2 Å². The molecule has 6 nitrogen and oxygen atoms in total. The molecule has 1 aliphatic heterocycles. The molecule has 0 fully saturated rings. The summed E-state index contributed by atoms with van der Waals surface area (Å²) in [5.74, 6) is 1.49. The first kappa shape index (κ1) is 14.4. The van der Waals surface area contributed by atoms with Crippen molar-refractivity contribution in [1.82, 2.24) is 10.5 Å². The third kappa shape index (κ3) is 2.52. The molecule has 6 heteroatoms. The first-order valence-electron chi connectivity index (χ1n) is 7.38. The fourth-order valence-corrected chi connectivity index (χ4v) is 2.67. The lowest BCUT2D eigenvalue weighted by Crippen LogP contribution is -2.37. The fourth-order valence-electron chi connectivity index (χ4n) is 2.67. The summed E-state index contributed by atoms with van der Waals surface area (Å²) in [6, 6.07) is 7.25. The Labute approximate surface area is 128 Å². The second-order valence-corrected chi connectivity index (χ2v) is 5.36. The molecule has 0 bridgehead atoms. The van der Waals surface area contributed by atoms with E-state index < -0.39 is 0 Å². The molecule has 2 atom stereocenters. The summed E-state index contributed by atoms with van der Waals surface area (Å²) in [6.45, 7) is 5.69. The number of amides is 2. The zero-order valence-corrected chi connectivity index (χ0v) is 12.8. The summed E-state index contributed by atoms with van der Waals surface area (Å²) in [6.07, 6.45) is 0.555. The predicted octanol–water partition coefficient (Wildman–Crippen LogP) is 3.19. The van der Waals surface area contributed by atoms with Crippen molar-refractivity contribution >= 4 is 11.7 Å². The highest BCUT2D eigenvalue weighted by atomic mass is 16.5. The lowest BCUT2D eigenvalue weighted by molar-refractivity contribution is 0.204. The number of benzene rings is 1. The van der Waals surface area contributed by atoms with Gasteiger partial charge >= 0.3 is 6.03 Å². The first-order chi connectivity index (χ1) is 10.6. The molecule has 0 unspecified atom stereocenters. The van der Waals surface area contributed by atoms with Crippen LogP contribution in [0.5, 0.6) is 5.75 Å². The summed E-state index contributed by atoms with van der Waals surface area (Å²) >= 11 is 0. The summed E-state index contributed by atoms with van der Waals surface area (Å²) in [7, 11) is 0.